The number of hydrogen-bond donors (Lipinski definition) is 3. The summed E-state index contributed by atoms with van der Waals surface area (Å²) in [4.78, 5) is 0. The second-order valence-electron chi connectivity index (χ2n) is 5.13. The van der Waals surface area contributed by atoms with E-state index in [-0.39, 0.29) is 0 Å². The van der Waals surface area contributed by atoms with Crippen molar-refractivity contribution in [1.29, 1.82) is 0 Å². The molecule has 1 aromatic heterocycles. The third-order valence-corrected chi connectivity index (χ3v) is 3.89. The van der Waals surface area contributed by atoms with Gasteiger partial charge in [-0.2, -0.15) is 5.10 Å². The van der Waals surface area contributed by atoms with E-state index < -0.39 is 0 Å². The van der Waals surface area contributed by atoms with Crippen molar-refractivity contribution < 1.29 is 9.47 Å². The summed E-state index contributed by atoms with van der Waals surface area (Å²) in [5.41, 5.74) is 2.94. The van der Waals surface area contributed by atoms with Crippen LogP contribution in [0.1, 0.15) is 5.56 Å². The van der Waals surface area contributed by atoms with Gasteiger partial charge in [-0.05, 0) is 29.9 Å². The molecule has 0 aliphatic carbocycles. The summed E-state index contributed by atoms with van der Waals surface area (Å²) in [6.07, 6.45) is 1.80. The Hall–Kier alpha value is -2.80. The van der Waals surface area contributed by atoms with Gasteiger partial charge in [0.05, 0.1) is 25.9 Å². The highest BCUT2D eigenvalue weighted by atomic mass is 32.1. The maximum absolute atomic E-state index is 5.36. The Kier molecular flexibility index (Phi) is 4.81. The van der Waals surface area contributed by atoms with Gasteiger partial charge in [-0.25, -0.2) is 0 Å². The number of anilines is 1. The van der Waals surface area contributed by atoms with E-state index in [9.17, 15) is 0 Å². The molecular weight excluding hydrogens is 324 g/mol. The molecule has 0 unspecified atom stereocenters. The minimum absolute atomic E-state index is 0.527. The van der Waals surface area contributed by atoms with Crippen molar-refractivity contribution >= 4 is 33.9 Å². The van der Waals surface area contributed by atoms with Crippen LogP contribution in [0.3, 0.4) is 0 Å². The quantitative estimate of drug-likeness (QED) is 0.619. The molecule has 7 heteroatoms. The van der Waals surface area contributed by atoms with Crippen molar-refractivity contribution in [3.8, 4) is 11.5 Å². The Morgan fingerprint density at radius 3 is 2.79 bits per heavy atom. The maximum atomic E-state index is 5.36. The normalized spacial score (nSPS) is 10.4. The van der Waals surface area contributed by atoms with E-state index in [2.05, 4.69) is 20.8 Å². The van der Waals surface area contributed by atoms with Crippen LogP contribution in [0.5, 0.6) is 11.5 Å². The van der Waals surface area contributed by atoms with E-state index in [4.69, 9.17) is 21.7 Å². The van der Waals surface area contributed by atoms with E-state index in [1.807, 2.05) is 36.4 Å². The number of benzene rings is 2. The van der Waals surface area contributed by atoms with E-state index in [1.54, 1.807) is 20.4 Å². The highest BCUT2D eigenvalue weighted by molar-refractivity contribution is 7.80. The molecule has 1 heterocycles. The lowest BCUT2D eigenvalue weighted by molar-refractivity contribution is 0.355. The van der Waals surface area contributed by atoms with Crippen LogP contribution in [-0.4, -0.2) is 29.5 Å². The molecule has 0 fully saturated rings. The van der Waals surface area contributed by atoms with Gasteiger partial charge >= 0.3 is 0 Å². The first-order valence-corrected chi connectivity index (χ1v) is 7.80. The Bertz CT molecular complexity index is 863. The van der Waals surface area contributed by atoms with Gasteiger partial charge in [0.15, 0.2) is 16.6 Å². The molecular formula is C17H18N4O2S. The van der Waals surface area contributed by atoms with Crippen LogP contribution in [0.2, 0.25) is 0 Å². The van der Waals surface area contributed by atoms with E-state index >= 15 is 0 Å². The minimum atomic E-state index is 0.527. The summed E-state index contributed by atoms with van der Waals surface area (Å²) in [6.45, 7) is 0.596. The zero-order valence-corrected chi connectivity index (χ0v) is 14.2. The van der Waals surface area contributed by atoms with E-state index in [0.29, 0.717) is 23.2 Å². The van der Waals surface area contributed by atoms with Crippen LogP contribution >= 0.6 is 12.2 Å². The smallest absolute Gasteiger partial charge is 0.171 e. The van der Waals surface area contributed by atoms with Gasteiger partial charge in [0.2, 0.25) is 0 Å². The number of thiocarbonyl (C=S) groups is 1. The fourth-order valence-electron chi connectivity index (χ4n) is 2.44. The number of rotatable bonds is 5. The van der Waals surface area contributed by atoms with Crippen molar-refractivity contribution in [2.24, 2.45) is 0 Å². The fraction of sp³-hybridized carbons (Fsp3) is 0.176. The zero-order chi connectivity index (χ0) is 16.9. The molecule has 0 atom stereocenters. The largest absolute Gasteiger partial charge is 0.493 e. The average molecular weight is 342 g/mol. The van der Waals surface area contributed by atoms with Crippen LogP contribution in [-0.2, 0) is 6.54 Å². The molecule has 2 aromatic carbocycles. The topological polar surface area (TPSA) is 71.2 Å². The monoisotopic (exact) mass is 342 g/mol. The summed E-state index contributed by atoms with van der Waals surface area (Å²) in [5.74, 6) is 1.32. The summed E-state index contributed by atoms with van der Waals surface area (Å²) in [7, 11) is 3.20. The molecule has 0 bridgehead atoms. The van der Waals surface area contributed by atoms with Crippen molar-refractivity contribution in [1.82, 2.24) is 15.5 Å². The molecule has 24 heavy (non-hydrogen) atoms. The molecule has 0 aliphatic rings. The summed E-state index contributed by atoms with van der Waals surface area (Å²) < 4.78 is 10.5. The second kappa shape index (κ2) is 7.18. The third kappa shape index (κ3) is 3.41. The lowest BCUT2D eigenvalue weighted by Crippen LogP contribution is -2.28. The SMILES string of the molecule is COc1ccc(NC(=S)NCc2cccc3cn[nH]c23)cc1OC. The van der Waals surface area contributed by atoms with Gasteiger partial charge in [-0.3, -0.25) is 5.10 Å². The Labute approximate surface area is 145 Å². The van der Waals surface area contributed by atoms with Crippen molar-refractivity contribution in [3.05, 3.63) is 48.2 Å². The third-order valence-electron chi connectivity index (χ3n) is 3.64. The predicted octanol–water partition coefficient (Wildman–Crippen LogP) is 3.07. The number of methoxy groups -OCH3 is 2. The van der Waals surface area contributed by atoms with Crippen LogP contribution in [0.4, 0.5) is 5.69 Å². The number of nitrogens with one attached hydrogen (secondary N) is 3. The molecule has 6 nitrogen and oxygen atoms in total. The zero-order valence-electron chi connectivity index (χ0n) is 13.4. The molecule has 0 spiro atoms. The molecule has 0 amide bonds. The van der Waals surface area contributed by atoms with Gasteiger partial charge in [-0.15, -0.1) is 0 Å². The minimum Gasteiger partial charge on any atom is -0.493 e. The number of ether oxygens (including phenoxy) is 2. The fourth-order valence-corrected chi connectivity index (χ4v) is 2.63. The lowest BCUT2D eigenvalue weighted by atomic mass is 10.1. The van der Waals surface area contributed by atoms with E-state index in [0.717, 1.165) is 22.2 Å². The average Bonchev–Trinajstić information content (AvgIpc) is 3.09. The lowest BCUT2D eigenvalue weighted by Gasteiger charge is -2.13. The molecule has 124 valence electrons. The number of nitrogens with zero attached hydrogens (tertiary/aromatic N) is 1. The van der Waals surface area contributed by atoms with Gasteiger partial charge < -0.3 is 20.1 Å². The number of H-pyrrole nitrogens is 1. The molecule has 0 saturated heterocycles. The van der Waals surface area contributed by atoms with Crippen molar-refractivity contribution in [2.45, 2.75) is 6.54 Å². The summed E-state index contributed by atoms with van der Waals surface area (Å²) in [5, 5.41) is 15.0. The highest BCUT2D eigenvalue weighted by Crippen LogP contribution is 2.29. The summed E-state index contributed by atoms with van der Waals surface area (Å²) in [6, 6.07) is 11.6. The van der Waals surface area contributed by atoms with Gasteiger partial charge in [0.1, 0.15) is 0 Å². The number of hydrogen-bond acceptors (Lipinski definition) is 4. The standard InChI is InChI=1S/C17H18N4O2S/c1-22-14-7-6-13(8-15(14)23-2)20-17(24)18-9-11-4-3-5-12-10-19-21-16(11)12/h3-8,10H,9H2,1-2H3,(H,19,21)(H2,18,20,24). The molecule has 3 N–H and O–H groups in total. The Morgan fingerprint density at radius 2 is 2.00 bits per heavy atom. The van der Waals surface area contributed by atoms with Crippen LogP contribution in [0.15, 0.2) is 42.6 Å². The first-order chi connectivity index (χ1) is 11.7. The first kappa shape index (κ1) is 16.1. The Balaban J connectivity index is 1.65. The first-order valence-electron chi connectivity index (χ1n) is 7.39. The van der Waals surface area contributed by atoms with Gasteiger partial charge in [-0.1, -0.05) is 18.2 Å². The molecule has 3 aromatic rings. The molecule has 3 rings (SSSR count). The van der Waals surface area contributed by atoms with Crippen LogP contribution < -0.4 is 20.1 Å². The summed E-state index contributed by atoms with van der Waals surface area (Å²) >= 11 is 5.36. The Morgan fingerprint density at radius 1 is 1.17 bits per heavy atom. The second-order valence-corrected chi connectivity index (χ2v) is 5.54. The van der Waals surface area contributed by atoms with Crippen molar-refractivity contribution in [3.63, 3.8) is 0 Å². The molecule has 0 radical (unpaired) electrons. The number of para-hydroxylation sites is 1. The van der Waals surface area contributed by atoms with Gasteiger partial charge in [0.25, 0.3) is 0 Å². The molecule has 0 aliphatic heterocycles. The van der Waals surface area contributed by atoms with Crippen LogP contribution in [0.25, 0.3) is 10.9 Å². The predicted molar refractivity (Wildman–Crippen MR) is 98.7 cm³/mol. The number of fused-ring (bicyclic) bond motifs is 1. The number of aromatic nitrogens is 2. The van der Waals surface area contributed by atoms with Crippen molar-refractivity contribution in [2.75, 3.05) is 19.5 Å². The number of aromatic amines is 1. The highest BCUT2D eigenvalue weighted by Gasteiger charge is 2.07. The molecule has 0 saturated carbocycles. The maximum Gasteiger partial charge on any atom is 0.171 e. The van der Waals surface area contributed by atoms with Gasteiger partial charge in [0, 0.05) is 23.7 Å². The van der Waals surface area contributed by atoms with Crippen LogP contribution in [0, 0.1) is 0 Å². The van der Waals surface area contributed by atoms with E-state index in [1.165, 1.54) is 0 Å².